The van der Waals surface area contributed by atoms with Crippen LogP contribution in [0.3, 0.4) is 0 Å². The lowest BCUT2D eigenvalue weighted by atomic mass is 10.0. The molecule has 0 fully saturated rings. The number of hydrogen-bond donors (Lipinski definition) is 0. The third-order valence-electron chi connectivity index (χ3n) is 3.95. The summed E-state index contributed by atoms with van der Waals surface area (Å²) in [4.78, 5) is 11.2. The average molecular weight is 370 g/mol. The van der Waals surface area contributed by atoms with Crippen molar-refractivity contribution in [2.75, 3.05) is 0 Å². The predicted octanol–water partition coefficient (Wildman–Crippen LogP) is 5.78. The maximum atomic E-state index is 11.2. The lowest BCUT2D eigenvalue weighted by Crippen LogP contribution is -2.14. The highest BCUT2D eigenvalue weighted by Gasteiger charge is 2.07. The second-order valence-electron chi connectivity index (χ2n) is 6.69. The molecule has 2 heteroatoms. The number of benzene rings is 2. The minimum absolute atomic E-state index is 0.306. The Balaban J connectivity index is 1.85. The second kappa shape index (κ2) is 11.5. The third kappa shape index (κ3) is 7.98. The highest BCUT2D eigenvalue weighted by Crippen LogP contribution is 2.18. The van der Waals surface area contributed by atoms with E-state index in [9.17, 15) is 4.79 Å². The van der Waals surface area contributed by atoms with Gasteiger partial charge in [-0.3, -0.25) is 4.79 Å². The summed E-state index contributed by atoms with van der Waals surface area (Å²) < 4.78 is 5.26. The zero-order valence-electron chi connectivity index (χ0n) is 16.6. The van der Waals surface area contributed by atoms with Crippen molar-refractivity contribution in [2.45, 2.75) is 45.6 Å². The Bertz CT molecular complexity index is 900. The van der Waals surface area contributed by atoms with Crippen LogP contribution in [-0.2, 0) is 9.53 Å². The fourth-order valence-corrected chi connectivity index (χ4v) is 2.59. The van der Waals surface area contributed by atoms with E-state index in [-0.39, 0.29) is 12.1 Å². The summed E-state index contributed by atoms with van der Waals surface area (Å²) in [6.45, 7) is 7.16. The summed E-state index contributed by atoms with van der Waals surface area (Å²) in [6, 6.07) is 18.5. The fraction of sp³-hybridized carbons (Fsp3) is 0.269. The Hall–Kier alpha value is -3.23. The van der Waals surface area contributed by atoms with Crippen LogP contribution in [0, 0.1) is 23.7 Å². The topological polar surface area (TPSA) is 26.3 Å². The van der Waals surface area contributed by atoms with Crippen molar-refractivity contribution in [1.29, 1.82) is 0 Å². The van der Waals surface area contributed by atoms with Gasteiger partial charge in [-0.25, -0.2) is 0 Å². The van der Waals surface area contributed by atoms with E-state index in [1.165, 1.54) is 18.1 Å². The zero-order valence-corrected chi connectivity index (χ0v) is 16.6. The van der Waals surface area contributed by atoms with Gasteiger partial charge in [-0.05, 0) is 43.0 Å². The van der Waals surface area contributed by atoms with Gasteiger partial charge in [0.2, 0.25) is 0 Å². The fourth-order valence-electron chi connectivity index (χ4n) is 2.59. The van der Waals surface area contributed by atoms with Crippen LogP contribution in [0.15, 0.2) is 66.7 Å². The number of unbranched alkanes of at least 4 members (excludes halogenated alkanes) is 1. The van der Waals surface area contributed by atoms with Gasteiger partial charge in [0.05, 0.1) is 0 Å². The van der Waals surface area contributed by atoms with E-state index < -0.39 is 0 Å². The van der Waals surface area contributed by atoms with Crippen molar-refractivity contribution in [1.82, 2.24) is 0 Å². The minimum atomic E-state index is -0.371. The Morgan fingerprint density at radius 1 is 1.00 bits per heavy atom. The van der Waals surface area contributed by atoms with Crippen LogP contribution in [0.1, 0.15) is 45.1 Å². The van der Waals surface area contributed by atoms with E-state index in [1.807, 2.05) is 37.3 Å². The summed E-state index contributed by atoms with van der Waals surface area (Å²) in [5.41, 5.74) is 4.38. The van der Waals surface area contributed by atoms with E-state index in [0.29, 0.717) is 12.8 Å². The van der Waals surface area contributed by atoms with Gasteiger partial charge in [-0.2, -0.15) is 0 Å². The average Bonchev–Trinajstić information content (AvgIpc) is 2.68. The monoisotopic (exact) mass is 370 g/mol. The molecule has 2 aromatic rings. The van der Waals surface area contributed by atoms with Gasteiger partial charge in [0.15, 0.2) is 6.10 Å². The van der Waals surface area contributed by atoms with Crippen LogP contribution >= 0.6 is 0 Å². The molecule has 0 aliphatic carbocycles. The Labute approximate surface area is 168 Å². The molecule has 1 unspecified atom stereocenters. The van der Waals surface area contributed by atoms with E-state index in [0.717, 1.165) is 24.0 Å². The summed E-state index contributed by atoms with van der Waals surface area (Å²) in [7, 11) is 0. The summed E-state index contributed by atoms with van der Waals surface area (Å²) in [5, 5.41) is 0. The number of ether oxygens (including phenoxy) is 1. The smallest absolute Gasteiger partial charge is 0.303 e. The molecular formula is C26H26O2. The molecule has 0 saturated carbocycles. The molecule has 142 valence electrons. The molecule has 28 heavy (non-hydrogen) atoms. The van der Waals surface area contributed by atoms with Gasteiger partial charge >= 0.3 is 5.97 Å². The van der Waals surface area contributed by atoms with Gasteiger partial charge in [-0.1, -0.05) is 78.3 Å². The maximum absolute atomic E-state index is 11.2. The normalized spacial score (nSPS) is 10.6. The second-order valence-corrected chi connectivity index (χ2v) is 6.69. The number of rotatable bonds is 6. The summed E-state index contributed by atoms with van der Waals surface area (Å²) in [6.07, 6.45) is 2.50. The lowest BCUT2D eigenvalue weighted by Gasteiger charge is -2.09. The predicted molar refractivity (Wildman–Crippen MR) is 115 cm³/mol. The molecule has 0 N–H and O–H groups in total. The van der Waals surface area contributed by atoms with Gasteiger partial charge < -0.3 is 4.74 Å². The van der Waals surface area contributed by atoms with Crippen LogP contribution in [0.5, 0.6) is 0 Å². The molecule has 0 spiro atoms. The molecule has 0 aliphatic heterocycles. The van der Waals surface area contributed by atoms with Gasteiger partial charge in [-0.15, -0.1) is 0 Å². The first-order valence-corrected chi connectivity index (χ1v) is 9.49. The van der Waals surface area contributed by atoms with Crippen LogP contribution < -0.4 is 0 Å². The van der Waals surface area contributed by atoms with Gasteiger partial charge in [0, 0.05) is 25.3 Å². The first-order valence-electron chi connectivity index (χ1n) is 9.49. The molecule has 0 aromatic heterocycles. The molecule has 0 bridgehead atoms. The Kier molecular flexibility index (Phi) is 8.64. The van der Waals surface area contributed by atoms with Crippen molar-refractivity contribution in [3.63, 3.8) is 0 Å². The largest absolute Gasteiger partial charge is 0.449 e. The van der Waals surface area contributed by atoms with Crippen LogP contribution in [-0.4, -0.2) is 12.1 Å². The zero-order chi connectivity index (χ0) is 20.2. The highest BCUT2D eigenvalue weighted by molar-refractivity contribution is 5.66. The number of carbonyl (C=O) groups excluding carboxylic acids is 1. The Morgan fingerprint density at radius 3 is 2.32 bits per heavy atom. The maximum Gasteiger partial charge on any atom is 0.303 e. The molecule has 0 saturated heterocycles. The van der Waals surface area contributed by atoms with E-state index >= 15 is 0 Å². The molecule has 0 amide bonds. The number of esters is 1. The number of hydrogen-bond acceptors (Lipinski definition) is 2. The Morgan fingerprint density at radius 2 is 1.68 bits per heavy atom. The van der Waals surface area contributed by atoms with E-state index in [4.69, 9.17) is 4.74 Å². The van der Waals surface area contributed by atoms with E-state index in [1.54, 1.807) is 0 Å². The lowest BCUT2D eigenvalue weighted by molar-refractivity contribution is -0.143. The van der Waals surface area contributed by atoms with Crippen molar-refractivity contribution >= 4 is 5.97 Å². The number of carbonyl (C=O) groups is 1. The molecule has 2 rings (SSSR count). The molecule has 2 nitrogen and oxygen atoms in total. The van der Waals surface area contributed by atoms with Crippen molar-refractivity contribution < 1.29 is 9.53 Å². The van der Waals surface area contributed by atoms with Crippen molar-refractivity contribution in [2.24, 2.45) is 0 Å². The molecule has 1 atom stereocenters. The number of allylic oxidation sites excluding steroid dienone is 1. The van der Waals surface area contributed by atoms with Crippen LogP contribution in [0.25, 0.3) is 11.1 Å². The quantitative estimate of drug-likeness (QED) is 0.279. The van der Waals surface area contributed by atoms with E-state index in [2.05, 4.69) is 54.5 Å². The summed E-state index contributed by atoms with van der Waals surface area (Å²) >= 11 is 0. The SMILES string of the molecule is C=C(C)CC#CC(CCCC#Cc1ccc(-c2ccccc2)cc1)OC(C)=O. The molecule has 0 radical (unpaired) electrons. The molecule has 0 aliphatic rings. The first kappa shape index (κ1) is 21.1. The van der Waals surface area contributed by atoms with Gasteiger partial charge in [0.25, 0.3) is 0 Å². The first-order chi connectivity index (χ1) is 13.5. The van der Waals surface area contributed by atoms with Crippen molar-refractivity contribution in [3.8, 4) is 34.8 Å². The molecule has 2 aromatic carbocycles. The summed E-state index contributed by atoms with van der Waals surface area (Å²) in [5.74, 6) is 12.1. The molecule has 0 heterocycles. The van der Waals surface area contributed by atoms with Crippen LogP contribution in [0.2, 0.25) is 0 Å². The van der Waals surface area contributed by atoms with Gasteiger partial charge in [0.1, 0.15) is 0 Å². The van der Waals surface area contributed by atoms with Crippen molar-refractivity contribution in [3.05, 3.63) is 72.3 Å². The standard InChI is InChI=1S/C26H26O2/c1-21(2)11-10-16-26(28-22(3)27)15-9-4-6-12-23-17-19-25(20-18-23)24-13-7-5-8-14-24/h5,7-8,13-14,17-20,26H,1,4,9,11,15H2,2-3H3. The molecular weight excluding hydrogens is 344 g/mol. The highest BCUT2D eigenvalue weighted by atomic mass is 16.5. The van der Waals surface area contributed by atoms with Crippen LogP contribution in [0.4, 0.5) is 0 Å². The minimum Gasteiger partial charge on any atom is -0.449 e. The third-order valence-corrected chi connectivity index (χ3v) is 3.95.